The Balaban J connectivity index is 1.78. The molecule has 0 heterocycles. The van der Waals surface area contributed by atoms with Crippen LogP contribution in [0.1, 0.15) is 18.1 Å². The molecule has 0 aromatic heterocycles. The third-order valence-electron chi connectivity index (χ3n) is 3.07. The van der Waals surface area contributed by atoms with Gasteiger partial charge in [0.2, 0.25) is 0 Å². The fraction of sp³-hybridized carbons (Fsp3) is 0.176. The van der Waals surface area contributed by atoms with Crippen molar-refractivity contribution in [2.24, 2.45) is 5.10 Å². The van der Waals surface area contributed by atoms with Crippen LogP contribution in [0.15, 0.2) is 58.1 Å². The van der Waals surface area contributed by atoms with E-state index in [1.54, 1.807) is 6.21 Å². The van der Waals surface area contributed by atoms with Crippen LogP contribution in [0, 0.1) is 0 Å². The lowest BCUT2D eigenvalue weighted by atomic mass is 10.1. The molecule has 0 atom stereocenters. The lowest BCUT2D eigenvalue weighted by Crippen LogP contribution is -2.25. The van der Waals surface area contributed by atoms with Gasteiger partial charge < -0.3 is 5.32 Å². The number of amides is 1. The quantitative estimate of drug-likeness (QED) is 0.611. The van der Waals surface area contributed by atoms with Gasteiger partial charge in [-0.1, -0.05) is 53.2 Å². The van der Waals surface area contributed by atoms with E-state index in [4.69, 9.17) is 0 Å². The summed E-state index contributed by atoms with van der Waals surface area (Å²) in [6.07, 6.45) is 2.64. The largest absolute Gasteiger partial charge is 0.376 e. The third-order valence-corrected chi connectivity index (χ3v) is 3.56. The molecule has 0 unspecified atom stereocenters. The molecule has 114 valence electrons. The molecular formula is C17H18BrN3O. The lowest BCUT2D eigenvalue weighted by Gasteiger charge is -2.05. The monoisotopic (exact) mass is 359 g/mol. The first-order valence-electron chi connectivity index (χ1n) is 7.07. The van der Waals surface area contributed by atoms with Crippen LogP contribution in [-0.4, -0.2) is 18.7 Å². The van der Waals surface area contributed by atoms with Gasteiger partial charge in [0.25, 0.3) is 5.91 Å². The number of hydrogen-bond donors (Lipinski definition) is 2. The molecule has 0 bridgehead atoms. The number of carbonyl (C=O) groups excluding carboxylic acids is 1. The Morgan fingerprint density at radius 1 is 1.23 bits per heavy atom. The number of halogens is 1. The molecule has 2 aromatic rings. The molecule has 2 aromatic carbocycles. The normalized spacial score (nSPS) is 10.6. The van der Waals surface area contributed by atoms with Crippen molar-refractivity contribution in [2.75, 3.05) is 11.9 Å². The summed E-state index contributed by atoms with van der Waals surface area (Å²) in [6.45, 7) is 2.28. The Morgan fingerprint density at radius 2 is 2.00 bits per heavy atom. The Morgan fingerprint density at radius 3 is 2.68 bits per heavy atom. The van der Waals surface area contributed by atoms with E-state index >= 15 is 0 Å². The molecule has 22 heavy (non-hydrogen) atoms. The van der Waals surface area contributed by atoms with Gasteiger partial charge in [-0.05, 0) is 35.7 Å². The third kappa shape index (κ3) is 5.33. The maximum absolute atomic E-state index is 11.7. The van der Waals surface area contributed by atoms with Crippen molar-refractivity contribution in [1.82, 2.24) is 5.43 Å². The summed E-state index contributed by atoms with van der Waals surface area (Å²) in [7, 11) is 0. The lowest BCUT2D eigenvalue weighted by molar-refractivity contribution is -0.119. The van der Waals surface area contributed by atoms with Crippen molar-refractivity contribution in [3.8, 4) is 0 Å². The standard InChI is InChI=1S/C17H18BrN3O/c1-2-13-6-8-14(9-7-13)11-20-21-17(22)12-19-16-5-3-4-15(18)10-16/h3-11,19H,2,12H2,1H3,(H,21,22). The molecule has 0 saturated heterocycles. The highest BCUT2D eigenvalue weighted by atomic mass is 79.9. The predicted molar refractivity (Wildman–Crippen MR) is 94.2 cm³/mol. The van der Waals surface area contributed by atoms with E-state index in [1.165, 1.54) is 5.56 Å². The van der Waals surface area contributed by atoms with Crippen LogP contribution in [0.3, 0.4) is 0 Å². The molecular weight excluding hydrogens is 342 g/mol. The SMILES string of the molecule is CCc1ccc(C=NNC(=O)CNc2cccc(Br)c2)cc1. The average Bonchev–Trinajstić information content (AvgIpc) is 2.54. The van der Waals surface area contributed by atoms with Crippen LogP contribution in [-0.2, 0) is 11.2 Å². The van der Waals surface area contributed by atoms with Crippen molar-refractivity contribution in [2.45, 2.75) is 13.3 Å². The summed E-state index contributed by atoms with van der Waals surface area (Å²) in [4.78, 5) is 11.7. The minimum absolute atomic E-state index is 0.169. The van der Waals surface area contributed by atoms with Gasteiger partial charge in [-0.2, -0.15) is 5.10 Å². The van der Waals surface area contributed by atoms with Crippen LogP contribution in [0.5, 0.6) is 0 Å². The number of nitrogens with one attached hydrogen (secondary N) is 2. The molecule has 0 saturated carbocycles. The number of aryl methyl sites for hydroxylation is 1. The first-order valence-corrected chi connectivity index (χ1v) is 7.87. The van der Waals surface area contributed by atoms with Crippen LogP contribution < -0.4 is 10.7 Å². The highest BCUT2D eigenvalue weighted by Gasteiger charge is 1.99. The predicted octanol–water partition coefficient (Wildman–Crippen LogP) is 3.57. The number of hydrazone groups is 1. The van der Waals surface area contributed by atoms with Gasteiger partial charge in [-0.3, -0.25) is 4.79 Å². The number of nitrogens with zero attached hydrogens (tertiary/aromatic N) is 1. The van der Waals surface area contributed by atoms with E-state index in [1.807, 2.05) is 36.4 Å². The van der Waals surface area contributed by atoms with Crippen molar-refractivity contribution in [3.05, 3.63) is 64.1 Å². The molecule has 0 aliphatic heterocycles. The Kier molecular flexibility index (Phi) is 6.15. The molecule has 0 fully saturated rings. The number of hydrogen-bond acceptors (Lipinski definition) is 3. The zero-order chi connectivity index (χ0) is 15.8. The fourth-order valence-corrected chi connectivity index (χ4v) is 2.24. The molecule has 1 amide bonds. The molecule has 0 spiro atoms. The van der Waals surface area contributed by atoms with E-state index in [0.29, 0.717) is 0 Å². The summed E-state index contributed by atoms with van der Waals surface area (Å²) in [6, 6.07) is 15.7. The molecule has 0 radical (unpaired) electrons. The highest BCUT2D eigenvalue weighted by Crippen LogP contribution is 2.15. The van der Waals surface area contributed by atoms with Crippen molar-refractivity contribution >= 4 is 33.7 Å². The smallest absolute Gasteiger partial charge is 0.259 e. The second-order valence-corrected chi connectivity index (χ2v) is 5.67. The molecule has 2 N–H and O–H groups in total. The average molecular weight is 360 g/mol. The number of benzene rings is 2. The fourth-order valence-electron chi connectivity index (χ4n) is 1.84. The minimum atomic E-state index is -0.193. The number of carbonyl (C=O) groups is 1. The van der Waals surface area contributed by atoms with Gasteiger partial charge in [0.05, 0.1) is 12.8 Å². The highest BCUT2D eigenvalue weighted by molar-refractivity contribution is 9.10. The van der Waals surface area contributed by atoms with Crippen LogP contribution in [0.4, 0.5) is 5.69 Å². The van der Waals surface area contributed by atoms with Gasteiger partial charge in [-0.15, -0.1) is 0 Å². The maximum atomic E-state index is 11.7. The van der Waals surface area contributed by atoms with Crippen LogP contribution in [0.2, 0.25) is 0 Å². The van der Waals surface area contributed by atoms with Gasteiger partial charge in [0, 0.05) is 10.2 Å². The molecule has 2 rings (SSSR count). The van der Waals surface area contributed by atoms with Gasteiger partial charge >= 0.3 is 0 Å². The zero-order valence-electron chi connectivity index (χ0n) is 12.3. The van der Waals surface area contributed by atoms with Crippen molar-refractivity contribution < 1.29 is 4.79 Å². The molecule has 5 heteroatoms. The van der Waals surface area contributed by atoms with Crippen molar-refractivity contribution in [1.29, 1.82) is 0 Å². The minimum Gasteiger partial charge on any atom is -0.376 e. The Hall–Kier alpha value is -2.14. The zero-order valence-corrected chi connectivity index (χ0v) is 13.9. The number of rotatable bonds is 6. The van der Waals surface area contributed by atoms with Gasteiger partial charge in [-0.25, -0.2) is 5.43 Å². The summed E-state index contributed by atoms with van der Waals surface area (Å²) in [5.74, 6) is -0.193. The Labute approximate surface area is 138 Å². The summed E-state index contributed by atoms with van der Waals surface area (Å²) >= 11 is 3.38. The van der Waals surface area contributed by atoms with E-state index in [-0.39, 0.29) is 12.5 Å². The maximum Gasteiger partial charge on any atom is 0.259 e. The van der Waals surface area contributed by atoms with Gasteiger partial charge in [0.1, 0.15) is 0 Å². The van der Waals surface area contributed by atoms with Crippen molar-refractivity contribution in [3.63, 3.8) is 0 Å². The van der Waals surface area contributed by atoms with E-state index < -0.39 is 0 Å². The summed E-state index contributed by atoms with van der Waals surface area (Å²) < 4.78 is 0.964. The van der Waals surface area contributed by atoms with E-state index in [9.17, 15) is 4.79 Å². The Bertz CT molecular complexity index is 653. The topological polar surface area (TPSA) is 53.5 Å². The second kappa shape index (κ2) is 8.34. The molecule has 0 aliphatic carbocycles. The van der Waals surface area contributed by atoms with E-state index in [0.717, 1.165) is 22.1 Å². The van der Waals surface area contributed by atoms with E-state index in [2.05, 4.69) is 50.8 Å². The molecule has 4 nitrogen and oxygen atoms in total. The van der Waals surface area contributed by atoms with Gasteiger partial charge in [0.15, 0.2) is 0 Å². The van der Waals surface area contributed by atoms with Crippen LogP contribution >= 0.6 is 15.9 Å². The first-order chi connectivity index (χ1) is 10.7. The molecule has 0 aliphatic rings. The summed E-state index contributed by atoms with van der Waals surface area (Å²) in [5.41, 5.74) is 5.61. The summed E-state index contributed by atoms with van der Waals surface area (Å²) in [5, 5.41) is 6.99. The second-order valence-electron chi connectivity index (χ2n) is 4.75. The number of anilines is 1. The first kappa shape index (κ1) is 16.2. The van der Waals surface area contributed by atoms with Crippen LogP contribution in [0.25, 0.3) is 0 Å².